The number of rotatable bonds is 14. The summed E-state index contributed by atoms with van der Waals surface area (Å²) in [5.74, 6) is -0.160. The summed E-state index contributed by atoms with van der Waals surface area (Å²) in [7, 11) is 1.78. The van der Waals surface area contributed by atoms with E-state index in [1.807, 2.05) is 38.1 Å². The Balaban J connectivity index is 2.18. The molecule has 166 valence electrons. The molecule has 0 aliphatic carbocycles. The molecular weight excluding hydrogens is 384 g/mol. The fourth-order valence-corrected chi connectivity index (χ4v) is 2.43. The number of carbonyl (C=O) groups excluding carboxylic acids is 3. The molecule has 0 bridgehead atoms. The van der Waals surface area contributed by atoms with Gasteiger partial charge >= 0.3 is 6.03 Å². The van der Waals surface area contributed by atoms with Crippen molar-refractivity contribution in [3.63, 3.8) is 0 Å². The van der Waals surface area contributed by atoms with Crippen molar-refractivity contribution in [2.75, 3.05) is 33.4 Å². The second kappa shape index (κ2) is 15.0. The fraction of sp³-hybridized carbons (Fsp3) is 0.500. The van der Waals surface area contributed by atoms with Crippen LogP contribution in [0.25, 0.3) is 0 Å². The van der Waals surface area contributed by atoms with Gasteiger partial charge in [-0.3, -0.25) is 9.59 Å². The zero-order chi connectivity index (χ0) is 22.2. The normalized spacial score (nSPS) is 11.0. The van der Waals surface area contributed by atoms with Gasteiger partial charge < -0.3 is 26.0 Å². The molecule has 1 rings (SSSR count). The van der Waals surface area contributed by atoms with Crippen molar-refractivity contribution >= 4 is 17.7 Å². The van der Waals surface area contributed by atoms with Crippen LogP contribution in [0.5, 0.6) is 0 Å². The lowest BCUT2D eigenvalue weighted by Gasteiger charge is -2.08. The number of ketones is 1. The van der Waals surface area contributed by atoms with Gasteiger partial charge in [0.1, 0.15) is 6.61 Å². The lowest BCUT2D eigenvalue weighted by atomic mass is 10.1. The number of hydrogen-bond acceptors (Lipinski definition) is 5. The predicted octanol–water partition coefficient (Wildman–Crippen LogP) is 1.65. The van der Waals surface area contributed by atoms with E-state index >= 15 is 0 Å². The van der Waals surface area contributed by atoms with E-state index in [9.17, 15) is 14.4 Å². The topological polar surface area (TPSA) is 109 Å². The van der Waals surface area contributed by atoms with E-state index in [4.69, 9.17) is 4.74 Å². The van der Waals surface area contributed by atoms with Gasteiger partial charge in [-0.2, -0.15) is 0 Å². The predicted molar refractivity (Wildman–Crippen MR) is 117 cm³/mol. The maximum Gasteiger partial charge on any atom is 0.314 e. The molecule has 0 radical (unpaired) electrons. The monoisotopic (exact) mass is 418 g/mol. The minimum absolute atomic E-state index is 0.0221. The molecule has 0 spiro atoms. The standard InChI is InChI=1S/C22H34N4O4/c1-4-10-24-22(29)25-11-5-12-30-16-21(28)26-15-19-8-6-18(7-9-19)14-20(27)13-17(2)23-3/h6-9,13,23H,4-5,10-12,14-16H2,1-3H3,(H,26,28)(H2,24,25,29)/b17-13-. The Labute approximate surface area is 178 Å². The van der Waals surface area contributed by atoms with Gasteiger partial charge in [-0.15, -0.1) is 0 Å². The van der Waals surface area contributed by atoms with E-state index < -0.39 is 0 Å². The van der Waals surface area contributed by atoms with Crippen molar-refractivity contribution in [3.8, 4) is 0 Å². The van der Waals surface area contributed by atoms with E-state index in [1.165, 1.54) is 0 Å². The number of benzene rings is 1. The van der Waals surface area contributed by atoms with Crippen LogP contribution in [0.3, 0.4) is 0 Å². The second-order valence-corrected chi connectivity index (χ2v) is 6.90. The molecule has 0 saturated carbocycles. The van der Waals surface area contributed by atoms with Crippen molar-refractivity contribution in [2.45, 2.75) is 39.7 Å². The molecule has 0 saturated heterocycles. The number of allylic oxidation sites excluding steroid dienone is 2. The molecular formula is C22H34N4O4. The van der Waals surface area contributed by atoms with Crippen molar-refractivity contribution in [1.29, 1.82) is 0 Å². The maximum atomic E-state index is 11.9. The molecule has 8 heteroatoms. The van der Waals surface area contributed by atoms with E-state index in [2.05, 4.69) is 21.3 Å². The highest BCUT2D eigenvalue weighted by Crippen LogP contribution is 2.06. The van der Waals surface area contributed by atoms with E-state index in [0.29, 0.717) is 39.1 Å². The van der Waals surface area contributed by atoms with Crippen LogP contribution in [0.2, 0.25) is 0 Å². The van der Waals surface area contributed by atoms with Crippen LogP contribution in [0.1, 0.15) is 37.8 Å². The maximum absolute atomic E-state index is 11.9. The van der Waals surface area contributed by atoms with Gasteiger partial charge in [-0.05, 0) is 30.9 Å². The van der Waals surface area contributed by atoms with Crippen molar-refractivity contribution in [1.82, 2.24) is 21.3 Å². The first-order valence-electron chi connectivity index (χ1n) is 10.3. The zero-order valence-electron chi connectivity index (χ0n) is 18.2. The van der Waals surface area contributed by atoms with Crippen LogP contribution in [0.15, 0.2) is 36.0 Å². The summed E-state index contributed by atoms with van der Waals surface area (Å²) in [5.41, 5.74) is 2.70. The Kier molecular flexibility index (Phi) is 12.6. The highest BCUT2D eigenvalue weighted by Gasteiger charge is 2.04. The SMILES string of the molecule is CCCNC(=O)NCCCOCC(=O)NCc1ccc(CC(=O)/C=C(/C)NC)cc1. The van der Waals surface area contributed by atoms with Gasteiger partial charge in [0.15, 0.2) is 5.78 Å². The molecule has 0 fully saturated rings. The van der Waals surface area contributed by atoms with Crippen molar-refractivity contribution < 1.29 is 19.1 Å². The van der Waals surface area contributed by atoms with Crippen LogP contribution in [-0.4, -0.2) is 51.1 Å². The number of ether oxygens (including phenoxy) is 1. The molecule has 4 N–H and O–H groups in total. The minimum Gasteiger partial charge on any atom is -0.392 e. The minimum atomic E-state index is -0.199. The van der Waals surface area contributed by atoms with Gasteiger partial charge in [0, 0.05) is 51.5 Å². The summed E-state index contributed by atoms with van der Waals surface area (Å²) < 4.78 is 5.32. The number of nitrogens with one attached hydrogen (secondary N) is 4. The van der Waals surface area contributed by atoms with E-state index in [-0.39, 0.29) is 24.3 Å². The third kappa shape index (κ3) is 11.9. The molecule has 0 aliphatic heterocycles. The van der Waals surface area contributed by atoms with Crippen molar-refractivity contribution in [3.05, 3.63) is 47.2 Å². The summed E-state index contributed by atoms with van der Waals surface area (Å²) in [6.07, 6.45) is 3.46. The Morgan fingerprint density at radius 1 is 1.00 bits per heavy atom. The van der Waals surface area contributed by atoms with Crippen LogP contribution in [0, 0.1) is 0 Å². The average Bonchev–Trinajstić information content (AvgIpc) is 2.73. The average molecular weight is 419 g/mol. The second-order valence-electron chi connectivity index (χ2n) is 6.90. The lowest BCUT2D eigenvalue weighted by molar-refractivity contribution is -0.125. The smallest absolute Gasteiger partial charge is 0.314 e. The molecule has 0 atom stereocenters. The largest absolute Gasteiger partial charge is 0.392 e. The first-order chi connectivity index (χ1) is 14.4. The summed E-state index contributed by atoms with van der Waals surface area (Å²) in [6.45, 7) is 5.75. The molecule has 1 aromatic rings. The summed E-state index contributed by atoms with van der Waals surface area (Å²) in [4.78, 5) is 35.1. The quantitative estimate of drug-likeness (QED) is 0.271. The number of amides is 3. The Bertz CT molecular complexity index is 702. The first kappa shape index (κ1) is 25.2. The van der Waals surface area contributed by atoms with Gasteiger partial charge in [0.25, 0.3) is 0 Å². The van der Waals surface area contributed by atoms with E-state index in [0.717, 1.165) is 23.2 Å². The zero-order valence-corrected chi connectivity index (χ0v) is 18.2. The molecule has 8 nitrogen and oxygen atoms in total. The lowest BCUT2D eigenvalue weighted by Crippen LogP contribution is -2.36. The molecule has 1 aromatic carbocycles. The number of hydrogen-bond donors (Lipinski definition) is 4. The third-order valence-electron chi connectivity index (χ3n) is 4.18. The van der Waals surface area contributed by atoms with Gasteiger partial charge in [-0.1, -0.05) is 31.2 Å². The molecule has 0 unspecified atom stereocenters. The van der Waals surface area contributed by atoms with Gasteiger partial charge in [0.05, 0.1) is 0 Å². The highest BCUT2D eigenvalue weighted by molar-refractivity contribution is 5.91. The number of carbonyl (C=O) groups is 3. The fourth-order valence-electron chi connectivity index (χ4n) is 2.43. The van der Waals surface area contributed by atoms with Gasteiger partial charge in [0.2, 0.25) is 5.91 Å². The van der Waals surface area contributed by atoms with Crippen LogP contribution in [-0.2, 0) is 27.3 Å². The summed E-state index contributed by atoms with van der Waals surface area (Å²) in [6, 6.07) is 7.39. The molecule has 0 aromatic heterocycles. The molecule has 0 aliphatic rings. The Morgan fingerprint density at radius 3 is 2.33 bits per heavy atom. The Morgan fingerprint density at radius 2 is 1.67 bits per heavy atom. The van der Waals surface area contributed by atoms with Crippen LogP contribution in [0.4, 0.5) is 4.79 Å². The molecule has 0 heterocycles. The molecule has 3 amide bonds. The van der Waals surface area contributed by atoms with Crippen LogP contribution < -0.4 is 21.3 Å². The molecule has 30 heavy (non-hydrogen) atoms. The summed E-state index contributed by atoms with van der Waals surface area (Å²) >= 11 is 0. The van der Waals surface area contributed by atoms with Crippen molar-refractivity contribution in [2.24, 2.45) is 0 Å². The first-order valence-corrected chi connectivity index (χ1v) is 10.3. The number of urea groups is 1. The van der Waals surface area contributed by atoms with Gasteiger partial charge in [-0.25, -0.2) is 4.79 Å². The van der Waals surface area contributed by atoms with Crippen LogP contribution >= 0.6 is 0 Å². The summed E-state index contributed by atoms with van der Waals surface area (Å²) in [5, 5.41) is 11.2. The Hall–Kier alpha value is -2.87. The van der Waals surface area contributed by atoms with E-state index in [1.54, 1.807) is 13.1 Å². The highest BCUT2D eigenvalue weighted by atomic mass is 16.5. The third-order valence-corrected chi connectivity index (χ3v) is 4.18.